The molecule has 1 saturated heterocycles. The fourth-order valence-corrected chi connectivity index (χ4v) is 6.00. The minimum Gasteiger partial charge on any atom is -0.497 e. The molecule has 1 atom stereocenters. The zero-order valence-electron chi connectivity index (χ0n) is 23.8. The fourth-order valence-electron chi connectivity index (χ4n) is 5.44. The van der Waals surface area contributed by atoms with Crippen LogP contribution in [0.1, 0.15) is 36.5 Å². The van der Waals surface area contributed by atoms with Crippen molar-refractivity contribution in [2.75, 3.05) is 46.7 Å². The average Bonchev–Trinajstić information content (AvgIpc) is 2.99. The number of ether oxygens (including phenoxy) is 3. The molecule has 0 amide bonds. The summed E-state index contributed by atoms with van der Waals surface area (Å²) in [5.41, 5.74) is 3.17. The average molecular weight is 576 g/mol. The number of nitrogens with zero attached hydrogens (tertiary/aromatic N) is 1. The van der Waals surface area contributed by atoms with Crippen LogP contribution < -0.4 is 14.2 Å². The Hall–Kier alpha value is -3.59. The van der Waals surface area contributed by atoms with Crippen molar-refractivity contribution >= 4 is 20.9 Å². The van der Waals surface area contributed by atoms with Crippen molar-refractivity contribution in [2.24, 2.45) is 0 Å². The summed E-state index contributed by atoms with van der Waals surface area (Å²) in [4.78, 5) is 2.43. The van der Waals surface area contributed by atoms with Crippen LogP contribution >= 0.6 is 0 Å². The smallest absolute Gasteiger partial charge is 0.265 e. The summed E-state index contributed by atoms with van der Waals surface area (Å²) in [5, 5.41) is 1.77. The van der Waals surface area contributed by atoms with Gasteiger partial charge < -0.3 is 14.2 Å². The number of hydrogen-bond donors (Lipinski definition) is 0. The molecular weight excluding hydrogens is 538 g/mol. The van der Waals surface area contributed by atoms with Crippen molar-refractivity contribution < 1.29 is 26.8 Å². The molecule has 1 unspecified atom stereocenters. The lowest BCUT2D eigenvalue weighted by molar-refractivity contribution is 0.183. The quantitative estimate of drug-likeness (QED) is 0.190. The molecule has 0 bridgehead atoms. The van der Waals surface area contributed by atoms with E-state index < -0.39 is 16.2 Å². The van der Waals surface area contributed by atoms with Gasteiger partial charge in [-0.25, -0.2) is 0 Å². The summed E-state index contributed by atoms with van der Waals surface area (Å²) in [6.45, 7) is 3.75. The van der Waals surface area contributed by atoms with Crippen molar-refractivity contribution in [3.63, 3.8) is 0 Å². The highest BCUT2D eigenvalue weighted by molar-refractivity contribution is 7.86. The Labute approximate surface area is 242 Å². The topological polar surface area (TPSA) is 74.3 Å². The van der Waals surface area contributed by atoms with E-state index in [9.17, 15) is 8.42 Å². The maximum Gasteiger partial charge on any atom is 0.265 e. The van der Waals surface area contributed by atoms with E-state index in [4.69, 9.17) is 18.4 Å². The lowest BCUT2D eigenvalue weighted by Gasteiger charge is -2.26. The first-order chi connectivity index (χ1) is 19.8. The van der Waals surface area contributed by atoms with Crippen LogP contribution in [0, 0.1) is 0 Å². The molecule has 0 saturated carbocycles. The maximum atomic E-state index is 12.6. The molecule has 0 aliphatic carbocycles. The molecule has 4 aromatic carbocycles. The predicted molar refractivity (Wildman–Crippen MR) is 162 cm³/mol. The molecule has 4 aromatic rings. The van der Waals surface area contributed by atoms with Gasteiger partial charge in [-0.05, 0) is 89.8 Å². The molecule has 216 valence electrons. The predicted octanol–water partition coefficient (Wildman–Crippen LogP) is 6.45. The number of likely N-dealkylation sites (tertiary alicyclic amines) is 1. The fraction of sp³-hybridized carbons (Fsp3) is 0.333. The standard InChI is InChI=1S/C33H37NO6S/c1-37-28-9-7-8-25(22-28)30-16-12-26-23-29(38-2)15-17-31(26)32(30)33(40-41(3,35)36)24-10-13-27(14-11-24)39-21-20-34-18-5-4-6-19-34/h7-17,22-23,33H,4-6,18-21H2,1-3H3. The minimum absolute atomic E-state index is 0.605. The van der Waals surface area contributed by atoms with Crippen LogP contribution in [0.15, 0.2) is 78.9 Å². The molecule has 1 aliphatic heterocycles. The zero-order chi connectivity index (χ0) is 28.8. The Morgan fingerprint density at radius 1 is 0.805 bits per heavy atom. The Kier molecular flexibility index (Phi) is 9.12. The van der Waals surface area contributed by atoms with Gasteiger partial charge in [0.15, 0.2) is 0 Å². The molecule has 0 aromatic heterocycles. The molecule has 1 aliphatic rings. The Morgan fingerprint density at radius 3 is 2.22 bits per heavy atom. The number of piperidine rings is 1. The Morgan fingerprint density at radius 2 is 1.51 bits per heavy atom. The van der Waals surface area contributed by atoms with E-state index >= 15 is 0 Å². The molecule has 0 radical (unpaired) electrons. The lowest BCUT2D eigenvalue weighted by Crippen LogP contribution is -2.33. The summed E-state index contributed by atoms with van der Waals surface area (Å²) in [6.07, 6.45) is 3.98. The normalized spacial score (nSPS) is 15.0. The molecule has 1 fully saturated rings. The molecule has 7 nitrogen and oxygen atoms in total. The third kappa shape index (κ3) is 7.19. The molecule has 1 heterocycles. The SMILES string of the molecule is COc1cccc(-c2ccc3cc(OC)ccc3c2C(OS(C)(=O)=O)c2ccc(OCCN3CCCCC3)cc2)c1. The number of rotatable bonds is 11. The van der Waals surface area contributed by atoms with Crippen molar-refractivity contribution in [1.82, 2.24) is 4.90 Å². The van der Waals surface area contributed by atoms with Gasteiger partial charge in [0.25, 0.3) is 10.1 Å². The largest absolute Gasteiger partial charge is 0.497 e. The van der Waals surface area contributed by atoms with Gasteiger partial charge in [-0.15, -0.1) is 0 Å². The van der Waals surface area contributed by atoms with E-state index in [1.54, 1.807) is 14.2 Å². The van der Waals surface area contributed by atoms with Gasteiger partial charge in [-0.3, -0.25) is 9.08 Å². The number of benzene rings is 4. The summed E-state index contributed by atoms with van der Waals surface area (Å²) in [6, 6.07) is 25.0. The van der Waals surface area contributed by atoms with Crippen molar-refractivity contribution in [3.8, 4) is 28.4 Å². The second-order valence-corrected chi connectivity index (χ2v) is 11.9. The van der Waals surface area contributed by atoms with Crippen molar-refractivity contribution in [2.45, 2.75) is 25.4 Å². The molecular formula is C33H37NO6S. The first-order valence-electron chi connectivity index (χ1n) is 13.9. The van der Waals surface area contributed by atoms with Gasteiger partial charge in [-0.1, -0.05) is 48.9 Å². The summed E-state index contributed by atoms with van der Waals surface area (Å²) < 4.78 is 48.1. The van der Waals surface area contributed by atoms with E-state index in [1.807, 2.05) is 78.9 Å². The summed E-state index contributed by atoms with van der Waals surface area (Å²) >= 11 is 0. The molecule has 0 N–H and O–H groups in total. The second-order valence-electron chi connectivity index (χ2n) is 10.3. The monoisotopic (exact) mass is 575 g/mol. The van der Waals surface area contributed by atoms with Gasteiger partial charge in [0.1, 0.15) is 30.0 Å². The van der Waals surface area contributed by atoms with E-state index in [1.165, 1.54) is 19.3 Å². The number of methoxy groups -OCH3 is 2. The Bertz CT molecular complexity index is 1580. The second kappa shape index (κ2) is 12.9. The van der Waals surface area contributed by atoms with Crippen LogP contribution in [0.4, 0.5) is 0 Å². The summed E-state index contributed by atoms with van der Waals surface area (Å²) in [5.74, 6) is 2.15. The highest BCUT2D eigenvalue weighted by Gasteiger charge is 2.26. The first kappa shape index (κ1) is 28.9. The zero-order valence-corrected chi connectivity index (χ0v) is 24.7. The minimum atomic E-state index is -3.84. The Balaban J connectivity index is 1.55. The van der Waals surface area contributed by atoms with E-state index in [0.717, 1.165) is 59.1 Å². The molecule has 0 spiro atoms. The van der Waals surface area contributed by atoms with Crippen LogP contribution in [0.2, 0.25) is 0 Å². The molecule has 41 heavy (non-hydrogen) atoms. The maximum absolute atomic E-state index is 12.6. The van der Waals surface area contributed by atoms with E-state index in [-0.39, 0.29) is 0 Å². The third-order valence-corrected chi connectivity index (χ3v) is 8.03. The van der Waals surface area contributed by atoms with E-state index in [0.29, 0.717) is 23.7 Å². The van der Waals surface area contributed by atoms with E-state index in [2.05, 4.69) is 4.90 Å². The highest BCUT2D eigenvalue weighted by atomic mass is 32.2. The summed E-state index contributed by atoms with van der Waals surface area (Å²) in [7, 11) is -0.589. The lowest BCUT2D eigenvalue weighted by atomic mass is 9.88. The van der Waals surface area contributed by atoms with Crippen LogP contribution in [0.25, 0.3) is 21.9 Å². The van der Waals surface area contributed by atoms with Crippen molar-refractivity contribution in [1.29, 1.82) is 0 Å². The van der Waals surface area contributed by atoms with Gasteiger partial charge in [0.05, 0.1) is 20.5 Å². The first-order valence-corrected chi connectivity index (χ1v) is 15.7. The van der Waals surface area contributed by atoms with Gasteiger partial charge >= 0.3 is 0 Å². The number of fused-ring (bicyclic) bond motifs is 1. The van der Waals surface area contributed by atoms with Crippen LogP contribution in [-0.4, -0.2) is 60.0 Å². The van der Waals surface area contributed by atoms with Crippen LogP contribution in [0.3, 0.4) is 0 Å². The van der Waals surface area contributed by atoms with Crippen LogP contribution in [0.5, 0.6) is 17.2 Å². The third-order valence-electron chi connectivity index (χ3n) is 7.49. The number of hydrogen-bond acceptors (Lipinski definition) is 7. The van der Waals surface area contributed by atoms with Gasteiger partial charge in [0.2, 0.25) is 0 Å². The van der Waals surface area contributed by atoms with Crippen LogP contribution in [-0.2, 0) is 14.3 Å². The highest BCUT2D eigenvalue weighted by Crippen LogP contribution is 2.41. The van der Waals surface area contributed by atoms with Gasteiger partial charge in [0, 0.05) is 12.1 Å². The van der Waals surface area contributed by atoms with Crippen molar-refractivity contribution in [3.05, 3.63) is 90.0 Å². The van der Waals surface area contributed by atoms with Gasteiger partial charge in [-0.2, -0.15) is 8.42 Å². The molecule has 5 rings (SSSR count). The molecule has 8 heteroatoms.